The van der Waals surface area contributed by atoms with E-state index >= 15 is 0 Å². The molecule has 0 spiro atoms. The molecule has 0 atom stereocenters. The van der Waals surface area contributed by atoms with Gasteiger partial charge in [-0.3, -0.25) is 4.68 Å². The summed E-state index contributed by atoms with van der Waals surface area (Å²) in [5, 5.41) is 14.6. The summed E-state index contributed by atoms with van der Waals surface area (Å²) in [6.07, 6.45) is 0.953. The molecule has 0 bridgehead atoms. The highest BCUT2D eigenvalue weighted by atomic mass is 16.3. The molecule has 2 heterocycles. The minimum absolute atomic E-state index is 0.458. The zero-order valence-electron chi connectivity index (χ0n) is 12.5. The summed E-state index contributed by atoms with van der Waals surface area (Å²) in [5.74, 6) is 0.458. The molecule has 0 aromatic carbocycles. The molecule has 0 aliphatic carbocycles. The van der Waals surface area contributed by atoms with E-state index in [0.717, 1.165) is 30.9 Å². The van der Waals surface area contributed by atoms with E-state index < -0.39 is 5.60 Å². The first kappa shape index (κ1) is 14.1. The molecule has 1 N–H and O–H groups in total. The van der Waals surface area contributed by atoms with Gasteiger partial charge in [-0.2, -0.15) is 5.10 Å². The molecule has 1 aromatic heterocycles. The molecule has 0 fully saturated rings. The summed E-state index contributed by atoms with van der Waals surface area (Å²) in [7, 11) is 0. The number of fused-ring (bicyclic) bond motifs is 1. The summed E-state index contributed by atoms with van der Waals surface area (Å²) in [4.78, 5) is 2.17. The van der Waals surface area contributed by atoms with E-state index in [1.807, 2.05) is 13.8 Å². The van der Waals surface area contributed by atoms with Gasteiger partial charge in [0.1, 0.15) is 0 Å². The van der Waals surface area contributed by atoms with Gasteiger partial charge in [-0.05, 0) is 25.8 Å². The van der Waals surface area contributed by atoms with Gasteiger partial charge >= 0.3 is 0 Å². The molecule has 19 heavy (non-hydrogen) atoms. The second-order valence-electron chi connectivity index (χ2n) is 6.42. The Labute approximate surface area is 115 Å². The van der Waals surface area contributed by atoms with Crippen LogP contribution in [0.3, 0.4) is 0 Å². The smallest absolute Gasteiger partial charge is 0.0805 e. The van der Waals surface area contributed by atoms with Crippen LogP contribution in [-0.4, -0.2) is 38.5 Å². The Kier molecular flexibility index (Phi) is 3.72. The fourth-order valence-electron chi connectivity index (χ4n) is 2.44. The van der Waals surface area contributed by atoms with Crippen LogP contribution in [0.25, 0.3) is 0 Å². The Bertz CT molecular complexity index is 468. The third-order valence-electron chi connectivity index (χ3n) is 3.47. The van der Waals surface area contributed by atoms with Crippen LogP contribution in [-0.2, 0) is 13.0 Å². The molecule has 0 saturated carbocycles. The van der Waals surface area contributed by atoms with E-state index in [2.05, 4.69) is 41.2 Å². The van der Waals surface area contributed by atoms with Crippen LogP contribution in [0.15, 0.2) is 18.3 Å². The lowest BCUT2D eigenvalue weighted by Gasteiger charge is -2.30. The molecule has 0 amide bonds. The molecule has 0 saturated heterocycles. The molecule has 1 aliphatic rings. The van der Waals surface area contributed by atoms with E-state index in [9.17, 15) is 5.11 Å². The maximum atomic E-state index is 9.96. The summed E-state index contributed by atoms with van der Waals surface area (Å²) in [5.41, 5.74) is 2.75. The van der Waals surface area contributed by atoms with Gasteiger partial charge < -0.3 is 10.0 Å². The van der Waals surface area contributed by atoms with Crippen molar-refractivity contribution in [3.05, 3.63) is 29.7 Å². The summed E-state index contributed by atoms with van der Waals surface area (Å²) < 4.78 is 2.06. The van der Waals surface area contributed by atoms with Crippen LogP contribution in [0.1, 0.15) is 45.0 Å². The van der Waals surface area contributed by atoms with E-state index in [1.54, 1.807) is 0 Å². The molecule has 2 rings (SSSR count). The zero-order chi connectivity index (χ0) is 14.2. The van der Waals surface area contributed by atoms with Gasteiger partial charge in [-0.25, -0.2) is 0 Å². The molecule has 0 unspecified atom stereocenters. The van der Waals surface area contributed by atoms with Crippen molar-refractivity contribution in [1.82, 2.24) is 14.7 Å². The quantitative estimate of drug-likeness (QED) is 0.908. The van der Waals surface area contributed by atoms with Crippen molar-refractivity contribution < 1.29 is 5.11 Å². The minimum Gasteiger partial charge on any atom is -0.389 e. The van der Waals surface area contributed by atoms with Crippen molar-refractivity contribution in [1.29, 1.82) is 0 Å². The van der Waals surface area contributed by atoms with Gasteiger partial charge in [0.2, 0.25) is 0 Å². The first-order valence-corrected chi connectivity index (χ1v) is 6.98. The van der Waals surface area contributed by atoms with Crippen molar-refractivity contribution >= 4 is 0 Å². The minimum atomic E-state index is -0.696. The lowest BCUT2D eigenvalue weighted by atomic mass is 10.1. The average Bonchev–Trinajstić information content (AvgIpc) is 2.60. The van der Waals surface area contributed by atoms with Crippen LogP contribution < -0.4 is 0 Å². The Morgan fingerprint density at radius 1 is 1.47 bits per heavy atom. The van der Waals surface area contributed by atoms with Crippen LogP contribution in [0.5, 0.6) is 0 Å². The Morgan fingerprint density at radius 2 is 2.16 bits per heavy atom. The van der Waals surface area contributed by atoms with Crippen LogP contribution >= 0.6 is 0 Å². The van der Waals surface area contributed by atoms with Crippen LogP contribution in [0.4, 0.5) is 0 Å². The number of β-amino-alcohol motifs (C(OH)–C–C–N with tert-alkyl or cyclic N) is 1. The van der Waals surface area contributed by atoms with Crippen molar-refractivity contribution in [2.24, 2.45) is 0 Å². The van der Waals surface area contributed by atoms with Gasteiger partial charge in [0.15, 0.2) is 0 Å². The van der Waals surface area contributed by atoms with Crippen molar-refractivity contribution in [2.45, 2.75) is 52.2 Å². The highest BCUT2D eigenvalue weighted by molar-refractivity contribution is 5.17. The van der Waals surface area contributed by atoms with Crippen LogP contribution in [0.2, 0.25) is 0 Å². The van der Waals surface area contributed by atoms with Gasteiger partial charge in [0.05, 0.1) is 17.8 Å². The average molecular weight is 263 g/mol. The SMILES string of the molecule is C=C1Cn2nc(C(C)C)cc2CCN1CC(C)(C)O. The molecule has 106 valence electrons. The maximum Gasteiger partial charge on any atom is 0.0805 e. The predicted octanol–water partition coefficient (Wildman–Crippen LogP) is 2.15. The number of hydrogen-bond acceptors (Lipinski definition) is 3. The monoisotopic (exact) mass is 263 g/mol. The Hall–Kier alpha value is -1.29. The topological polar surface area (TPSA) is 41.3 Å². The largest absolute Gasteiger partial charge is 0.389 e. The van der Waals surface area contributed by atoms with Crippen molar-refractivity contribution in [3.8, 4) is 0 Å². The molecule has 4 nitrogen and oxygen atoms in total. The Morgan fingerprint density at radius 3 is 2.74 bits per heavy atom. The van der Waals surface area contributed by atoms with E-state index in [-0.39, 0.29) is 0 Å². The number of allylic oxidation sites excluding steroid dienone is 1. The molecule has 1 aliphatic heterocycles. The summed E-state index contributed by atoms with van der Waals surface area (Å²) in [6, 6.07) is 2.20. The fraction of sp³-hybridized carbons (Fsp3) is 0.667. The second-order valence-corrected chi connectivity index (χ2v) is 6.42. The van der Waals surface area contributed by atoms with E-state index in [4.69, 9.17) is 0 Å². The van der Waals surface area contributed by atoms with Gasteiger partial charge in [-0.15, -0.1) is 0 Å². The molecule has 0 radical (unpaired) electrons. The molecule has 1 aromatic rings. The maximum absolute atomic E-state index is 9.96. The van der Waals surface area contributed by atoms with E-state index in [1.165, 1.54) is 5.69 Å². The molecular weight excluding hydrogens is 238 g/mol. The highest BCUT2D eigenvalue weighted by Crippen LogP contribution is 2.21. The Balaban J connectivity index is 2.14. The molecule has 4 heteroatoms. The number of aromatic nitrogens is 2. The van der Waals surface area contributed by atoms with Gasteiger partial charge in [0.25, 0.3) is 0 Å². The zero-order valence-corrected chi connectivity index (χ0v) is 12.5. The van der Waals surface area contributed by atoms with E-state index in [0.29, 0.717) is 12.5 Å². The highest BCUT2D eigenvalue weighted by Gasteiger charge is 2.23. The number of hydrogen-bond donors (Lipinski definition) is 1. The molecular formula is C15H25N3O. The third-order valence-corrected chi connectivity index (χ3v) is 3.47. The first-order chi connectivity index (χ1) is 8.76. The van der Waals surface area contributed by atoms with Crippen molar-refractivity contribution in [3.63, 3.8) is 0 Å². The fourth-order valence-corrected chi connectivity index (χ4v) is 2.44. The number of nitrogens with zero attached hydrogens (tertiary/aromatic N) is 3. The third kappa shape index (κ3) is 3.38. The van der Waals surface area contributed by atoms with Crippen molar-refractivity contribution in [2.75, 3.05) is 13.1 Å². The summed E-state index contributed by atoms with van der Waals surface area (Å²) >= 11 is 0. The first-order valence-electron chi connectivity index (χ1n) is 6.98. The van der Waals surface area contributed by atoms with Gasteiger partial charge in [0, 0.05) is 30.9 Å². The lowest BCUT2D eigenvalue weighted by molar-refractivity contribution is 0.0467. The van der Waals surface area contributed by atoms with Gasteiger partial charge in [-0.1, -0.05) is 20.4 Å². The normalized spacial score (nSPS) is 16.7. The second kappa shape index (κ2) is 5.00. The standard InChI is InChI=1S/C15H25N3O/c1-11(2)14-8-13-6-7-17(10-15(4,5)19)12(3)9-18(13)16-14/h8,11,19H,3,6-7,9-10H2,1-2,4-5H3. The summed E-state index contributed by atoms with van der Waals surface area (Å²) in [6.45, 7) is 14.4. The predicted molar refractivity (Wildman–Crippen MR) is 77.0 cm³/mol. The van der Waals surface area contributed by atoms with Crippen LogP contribution in [0, 0.1) is 0 Å². The lowest BCUT2D eigenvalue weighted by Crippen LogP contribution is -2.38. The number of aliphatic hydroxyl groups is 1. The number of rotatable bonds is 3.